The Morgan fingerprint density at radius 2 is 2.08 bits per heavy atom. The third kappa shape index (κ3) is 5.96. The highest BCUT2D eigenvalue weighted by molar-refractivity contribution is 5.96. The highest BCUT2D eigenvalue weighted by atomic mass is 16.2. The van der Waals surface area contributed by atoms with Crippen LogP contribution in [0.5, 0.6) is 0 Å². The molecule has 1 unspecified atom stereocenters. The molecule has 0 radical (unpaired) electrons. The summed E-state index contributed by atoms with van der Waals surface area (Å²) in [6, 6.07) is 7.99. The molecule has 24 heavy (non-hydrogen) atoms. The van der Waals surface area contributed by atoms with E-state index in [1.54, 1.807) is 6.07 Å². The third-order valence-electron chi connectivity index (χ3n) is 4.57. The second kappa shape index (κ2) is 9.42. The standard InChI is InChI=1S/C19H29N3O2/c1-15-7-5-9-17(13-15)19(24)21-14-18(23)20-10-6-12-22-11-4-3-8-16(22)2/h5,7,9,13,16H,3-4,6,8,10-12,14H2,1-2H3,(H,20,23)(H,21,24). The number of piperidine rings is 1. The summed E-state index contributed by atoms with van der Waals surface area (Å²) in [6.07, 6.45) is 4.83. The summed E-state index contributed by atoms with van der Waals surface area (Å²) in [5.74, 6) is -0.348. The van der Waals surface area contributed by atoms with Crippen molar-refractivity contribution in [2.75, 3.05) is 26.2 Å². The van der Waals surface area contributed by atoms with Gasteiger partial charge in [-0.05, 0) is 51.8 Å². The lowest BCUT2D eigenvalue weighted by molar-refractivity contribution is -0.120. The zero-order chi connectivity index (χ0) is 17.4. The topological polar surface area (TPSA) is 61.4 Å². The van der Waals surface area contributed by atoms with Crippen molar-refractivity contribution in [2.24, 2.45) is 0 Å². The third-order valence-corrected chi connectivity index (χ3v) is 4.57. The lowest BCUT2D eigenvalue weighted by atomic mass is 10.0. The first-order valence-corrected chi connectivity index (χ1v) is 8.92. The monoisotopic (exact) mass is 331 g/mol. The molecule has 1 aliphatic heterocycles. The van der Waals surface area contributed by atoms with Crippen molar-refractivity contribution in [1.82, 2.24) is 15.5 Å². The number of aryl methyl sites for hydroxylation is 1. The highest BCUT2D eigenvalue weighted by Crippen LogP contribution is 2.15. The van der Waals surface area contributed by atoms with E-state index in [-0.39, 0.29) is 18.4 Å². The number of likely N-dealkylation sites (tertiary alicyclic amines) is 1. The molecule has 0 aromatic heterocycles. The van der Waals surface area contributed by atoms with Crippen molar-refractivity contribution in [2.45, 2.75) is 45.6 Å². The maximum atomic E-state index is 12.0. The number of hydrogen-bond acceptors (Lipinski definition) is 3. The van der Waals surface area contributed by atoms with Gasteiger partial charge in [0.1, 0.15) is 0 Å². The van der Waals surface area contributed by atoms with Gasteiger partial charge in [-0.15, -0.1) is 0 Å². The van der Waals surface area contributed by atoms with Gasteiger partial charge in [0.15, 0.2) is 0 Å². The molecule has 0 saturated carbocycles. The van der Waals surface area contributed by atoms with Gasteiger partial charge < -0.3 is 15.5 Å². The second-order valence-electron chi connectivity index (χ2n) is 6.64. The van der Waals surface area contributed by atoms with Crippen LogP contribution in [0.4, 0.5) is 0 Å². The fourth-order valence-electron chi connectivity index (χ4n) is 3.11. The smallest absolute Gasteiger partial charge is 0.251 e. The van der Waals surface area contributed by atoms with Crippen LogP contribution in [-0.2, 0) is 4.79 Å². The summed E-state index contributed by atoms with van der Waals surface area (Å²) in [6.45, 7) is 7.08. The van der Waals surface area contributed by atoms with Gasteiger partial charge in [-0.25, -0.2) is 0 Å². The van der Waals surface area contributed by atoms with E-state index in [4.69, 9.17) is 0 Å². The van der Waals surface area contributed by atoms with Gasteiger partial charge in [-0.1, -0.05) is 24.1 Å². The van der Waals surface area contributed by atoms with Crippen LogP contribution < -0.4 is 10.6 Å². The minimum absolute atomic E-state index is 0.0207. The zero-order valence-corrected chi connectivity index (χ0v) is 14.8. The molecule has 1 aromatic carbocycles. The first kappa shape index (κ1) is 18.5. The van der Waals surface area contributed by atoms with Gasteiger partial charge >= 0.3 is 0 Å². The molecule has 1 heterocycles. The second-order valence-corrected chi connectivity index (χ2v) is 6.64. The van der Waals surface area contributed by atoms with E-state index < -0.39 is 0 Å². The van der Waals surface area contributed by atoms with Crippen LogP contribution >= 0.6 is 0 Å². The normalized spacial score (nSPS) is 18.2. The summed E-state index contributed by atoms with van der Waals surface area (Å²) >= 11 is 0. The van der Waals surface area contributed by atoms with Gasteiger partial charge in [0.05, 0.1) is 6.54 Å². The molecule has 2 rings (SSSR count). The molecule has 2 amide bonds. The van der Waals surface area contributed by atoms with E-state index in [0.29, 0.717) is 18.2 Å². The van der Waals surface area contributed by atoms with Crippen molar-refractivity contribution < 1.29 is 9.59 Å². The summed E-state index contributed by atoms with van der Waals surface area (Å²) in [5.41, 5.74) is 1.61. The van der Waals surface area contributed by atoms with Gasteiger partial charge in [0.2, 0.25) is 5.91 Å². The van der Waals surface area contributed by atoms with E-state index in [1.807, 2.05) is 25.1 Å². The fourth-order valence-corrected chi connectivity index (χ4v) is 3.11. The number of carbonyl (C=O) groups is 2. The molecular weight excluding hydrogens is 302 g/mol. The molecular formula is C19H29N3O2. The van der Waals surface area contributed by atoms with E-state index >= 15 is 0 Å². The summed E-state index contributed by atoms with van der Waals surface area (Å²) in [7, 11) is 0. The molecule has 1 aromatic rings. The first-order valence-electron chi connectivity index (χ1n) is 8.92. The van der Waals surface area contributed by atoms with Crippen LogP contribution in [0.3, 0.4) is 0 Å². The Labute approximate surface area is 144 Å². The van der Waals surface area contributed by atoms with Crippen molar-refractivity contribution in [3.05, 3.63) is 35.4 Å². The Hall–Kier alpha value is -1.88. The molecule has 2 N–H and O–H groups in total. The molecule has 0 spiro atoms. The van der Waals surface area contributed by atoms with Crippen molar-refractivity contribution >= 4 is 11.8 Å². The van der Waals surface area contributed by atoms with Crippen LogP contribution in [0.1, 0.15) is 48.5 Å². The van der Waals surface area contributed by atoms with Gasteiger partial charge in [0.25, 0.3) is 5.91 Å². The Morgan fingerprint density at radius 3 is 2.83 bits per heavy atom. The maximum Gasteiger partial charge on any atom is 0.251 e. The van der Waals surface area contributed by atoms with E-state index in [1.165, 1.54) is 25.8 Å². The van der Waals surface area contributed by atoms with Crippen LogP contribution in [0.25, 0.3) is 0 Å². The van der Waals surface area contributed by atoms with Crippen molar-refractivity contribution in [1.29, 1.82) is 0 Å². The molecule has 5 nitrogen and oxygen atoms in total. The Balaban J connectivity index is 1.60. The maximum absolute atomic E-state index is 12.0. The average Bonchev–Trinajstić information content (AvgIpc) is 2.58. The van der Waals surface area contributed by atoms with Crippen molar-refractivity contribution in [3.8, 4) is 0 Å². The number of nitrogens with one attached hydrogen (secondary N) is 2. The minimum atomic E-state index is -0.212. The van der Waals surface area contributed by atoms with E-state index in [9.17, 15) is 9.59 Å². The van der Waals surface area contributed by atoms with Crippen LogP contribution in [-0.4, -0.2) is 48.9 Å². The zero-order valence-electron chi connectivity index (χ0n) is 14.8. The number of benzene rings is 1. The average molecular weight is 331 g/mol. The number of amides is 2. The molecule has 0 aliphatic carbocycles. The van der Waals surface area contributed by atoms with Gasteiger partial charge in [0, 0.05) is 24.7 Å². The number of rotatable bonds is 7. The predicted molar refractivity (Wildman–Crippen MR) is 96.0 cm³/mol. The molecule has 0 bridgehead atoms. The number of hydrogen-bond donors (Lipinski definition) is 2. The molecule has 1 fully saturated rings. The molecule has 1 saturated heterocycles. The largest absolute Gasteiger partial charge is 0.355 e. The van der Waals surface area contributed by atoms with Crippen molar-refractivity contribution in [3.63, 3.8) is 0 Å². The number of nitrogens with zero attached hydrogens (tertiary/aromatic N) is 1. The SMILES string of the molecule is Cc1cccc(C(=O)NCC(=O)NCCCN2CCCCC2C)c1. The summed E-state index contributed by atoms with van der Waals surface area (Å²) in [5, 5.41) is 5.54. The van der Waals surface area contributed by atoms with E-state index in [0.717, 1.165) is 18.5 Å². The molecule has 1 atom stereocenters. The lowest BCUT2D eigenvalue weighted by Gasteiger charge is -2.33. The first-order chi connectivity index (χ1) is 11.6. The highest BCUT2D eigenvalue weighted by Gasteiger charge is 2.17. The summed E-state index contributed by atoms with van der Waals surface area (Å²) < 4.78 is 0. The Bertz CT molecular complexity index is 559. The van der Waals surface area contributed by atoms with Crippen LogP contribution in [0, 0.1) is 6.92 Å². The van der Waals surface area contributed by atoms with E-state index in [2.05, 4.69) is 22.5 Å². The Morgan fingerprint density at radius 1 is 1.25 bits per heavy atom. The molecule has 132 valence electrons. The number of carbonyl (C=O) groups excluding carboxylic acids is 2. The minimum Gasteiger partial charge on any atom is -0.355 e. The Kier molecular flexibility index (Phi) is 7.25. The summed E-state index contributed by atoms with van der Waals surface area (Å²) in [4.78, 5) is 26.3. The molecule has 1 aliphatic rings. The fraction of sp³-hybridized carbons (Fsp3) is 0.579. The molecule has 5 heteroatoms. The quantitative estimate of drug-likeness (QED) is 0.752. The van der Waals surface area contributed by atoms with Crippen LogP contribution in [0.2, 0.25) is 0 Å². The predicted octanol–water partition coefficient (Wildman–Crippen LogP) is 2.11. The van der Waals surface area contributed by atoms with Gasteiger partial charge in [-0.2, -0.15) is 0 Å². The van der Waals surface area contributed by atoms with Crippen LogP contribution in [0.15, 0.2) is 24.3 Å². The lowest BCUT2D eigenvalue weighted by Crippen LogP contribution is -2.40. The van der Waals surface area contributed by atoms with Gasteiger partial charge in [-0.3, -0.25) is 9.59 Å².